The Bertz CT molecular complexity index is 738. The predicted octanol–water partition coefficient (Wildman–Crippen LogP) is 6.92. The molecular formula is C24H40N8. The summed E-state index contributed by atoms with van der Waals surface area (Å²) in [6.45, 7) is 18.9. The molecule has 0 spiro atoms. The van der Waals surface area contributed by atoms with E-state index < -0.39 is 22.2 Å². The Labute approximate surface area is 195 Å². The molecule has 0 radical (unpaired) electrons. The molecule has 0 aromatic rings. The zero-order valence-electron chi connectivity index (χ0n) is 21.6. The average molecular weight is 441 g/mol. The Kier molecular flexibility index (Phi) is 13.3. The molecular weight excluding hydrogens is 400 g/mol. The van der Waals surface area contributed by atoms with Crippen molar-refractivity contribution in [2.75, 3.05) is 0 Å². The molecule has 176 valence electrons. The molecule has 0 saturated carbocycles. The Morgan fingerprint density at radius 3 is 0.906 bits per heavy atom. The first kappa shape index (κ1) is 31.3. The molecule has 0 fully saturated rings. The summed E-state index contributed by atoms with van der Waals surface area (Å²) >= 11 is 0. The fourth-order valence-corrected chi connectivity index (χ4v) is 2.59. The van der Waals surface area contributed by atoms with Crippen LogP contribution in [0.2, 0.25) is 0 Å². The van der Waals surface area contributed by atoms with E-state index in [1.54, 1.807) is 27.7 Å². The number of hydrogen-bond acceptors (Lipinski definition) is 8. The topological polar surface area (TPSA) is 145 Å². The van der Waals surface area contributed by atoms with Crippen LogP contribution in [0.1, 0.15) is 94.9 Å². The smallest absolute Gasteiger partial charge is 0.165 e. The van der Waals surface area contributed by atoms with E-state index in [1.807, 2.05) is 41.5 Å². The van der Waals surface area contributed by atoms with Crippen molar-refractivity contribution >= 4 is 0 Å². The minimum atomic E-state index is -0.830. The Balaban J connectivity index is 0. The van der Waals surface area contributed by atoms with Crippen molar-refractivity contribution in [3.8, 4) is 24.3 Å². The van der Waals surface area contributed by atoms with Crippen molar-refractivity contribution in [2.24, 2.45) is 32.3 Å². The van der Waals surface area contributed by atoms with Gasteiger partial charge in [-0.25, -0.2) is 0 Å². The molecule has 4 unspecified atom stereocenters. The van der Waals surface area contributed by atoms with Crippen LogP contribution in [-0.2, 0) is 0 Å². The summed E-state index contributed by atoms with van der Waals surface area (Å²) in [6.07, 6.45) is 2.49. The quantitative estimate of drug-likeness (QED) is 0.339. The highest BCUT2D eigenvalue weighted by Crippen LogP contribution is 2.26. The maximum absolute atomic E-state index is 9.20. The molecule has 4 atom stereocenters. The second kappa shape index (κ2) is 13.5. The van der Waals surface area contributed by atoms with E-state index in [2.05, 4.69) is 44.7 Å². The third kappa shape index (κ3) is 12.1. The van der Waals surface area contributed by atoms with Gasteiger partial charge in [-0.3, -0.25) is 0 Å². The molecule has 0 amide bonds. The van der Waals surface area contributed by atoms with Crippen molar-refractivity contribution in [1.82, 2.24) is 0 Å². The van der Waals surface area contributed by atoms with Crippen molar-refractivity contribution in [3.05, 3.63) is 0 Å². The minimum Gasteiger partial charge on any atom is -0.196 e. The molecule has 32 heavy (non-hydrogen) atoms. The highest BCUT2D eigenvalue weighted by Gasteiger charge is 2.29. The number of nitrogens with zero attached hydrogens (tertiary/aromatic N) is 8. The third-order valence-electron chi connectivity index (χ3n) is 4.93. The van der Waals surface area contributed by atoms with Crippen molar-refractivity contribution in [3.63, 3.8) is 0 Å². The van der Waals surface area contributed by atoms with Crippen LogP contribution in [-0.4, -0.2) is 22.2 Å². The Hall–Kier alpha value is -2.84. The second-order valence-electron chi connectivity index (χ2n) is 9.85. The lowest BCUT2D eigenvalue weighted by atomic mass is 9.92. The van der Waals surface area contributed by atoms with Gasteiger partial charge in [0.2, 0.25) is 0 Å². The Morgan fingerprint density at radius 1 is 0.531 bits per heavy atom. The zero-order valence-corrected chi connectivity index (χ0v) is 21.6. The normalized spacial score (nSPS) is 18.8. The zero-order chi connectivity index (χ0) is 25.6. The van der Waals surface area contributed by atoms with Crippen LogP contribution in [0.3, 0.4) is 0 Å². The van der Waals surface area contributed by atoms with Crippen LogP contribution in [0.15, 0.2) is 20.5 Å². The van der Waals surface area contributed by atoms with E-state index in [0.717, 1.165) is 0 Å². The van der Waals surface area contributed by atoms with Gasteiger partial charge in [-0.2, -0.15) is 41.5 Å². The van der Waals surface area contributed by atoms with Crippen LogP contribution >= 0.6 is 0 Å². The highest BCUT2D eigenvalue weighted by atomic mass is 15.2. The molecule has 0 aliphatic heterocycles. The first-order chi connectivity index (χ1) is 14.6. The van der Waals surface area contributed by atoms with Gasteiger partial charge in [0.25, 0.3) is 0 Å². The van der Waals surface area contributed by atoms with Crippen LogP contribution in [0.25, 0.3) is 0 Å². The summed E-state index contributed by atoms with van der Waals surface area (Å²) in [4.78, 5) is 0. The van der Waals surface area contributed by atoms with Crippen molar-refractivity contribution in [1.29, 1.82) is 21.0 Å². The lowest BCUT2D eigenvalue weighted by molar-refractivity contribution is 0.384. The highest BCUT2D eigenvalue weighted by molar-refractivity contribution is 5.08. The predicted molar refractivity (Wildman–Crippen MR) is 125 cm³/mol. The van der Waals surface area contributed by atoms with E-state index in [0.29, 0.717) is 37.5 Å². The van der Waals surface area contributed by atoms with Gasteiger partial charge in [0.05, 0.1) is 24.3 Å². The van der Waals surface area contributed by atoms with Gasteiger partial charge in [0, 0.05) is 0 Å². The van der Waals surface area contributed by atoms with Crippen molar-refractivity contribution < 1.29 is 0 Å². The fraction of sp³-hybridized carbons (Fsp3) is 0.833. The third-order valence-corrected chi connectivity index (χ3v) is 4.93. The monoisotopic (exact) mass is 440 g/mol. The number of rotatable bonds is 10. The molecule has 0 aromatic carbocycles. The van der Waals surface area contributed by atoms with Gasteiger partial charge in [-0.1, -0.05) is 41.5 Å². The molecule has 0 aliphatic rings. The number of nitriles is 4. The molecule has 0 bridgehead atoms. The fourth-order valence-electron chi connectivity index (χ4n) is 2.59. The molecule has 8 nitrogen and oxygen atoms in total. The lowest BCUT2D eigenvalue weighted by Gasteiger charge is -2.22. The van der Waals surface area contributed by atoms with Crippen LogP contribution < -0.4 is 0 Å². The van der Waals surface area contributed by atoms with Crippen LogP contribution in [0, 0.1) is 57.2 Å². The maximum atomic E-state index is 9.20. The average Bonchev–Trinajstić information content (AvgIpc) is 2.75. The van der Waals surface area contributed by atoms with E-state index in [9.17, 15) is 10.5 Å². The van der Waals surface area contributed by atoms with Gasteiger partial charge in [0.15, 0.2) is 22.2 Å². The van der Waals surface area contributed by atoms with Gasteiger partial charge >= 0.3 is 0 Å². The van der Waals surface area contributed by atoms with E-state index in [1.165, 1.54) is 0 Å². The van der Waals surface area contributed by atoms with Gasteiger partial charge in [-0.05, 0) is 65.2 Å². The van der Waals surface area contributed by atoms with Crippen molar-refractivity contribution in [2.45, 2.75) is 117 Å². The molecule has 0 aromatic heterocycles. The minimum absolute atomic E-state index is 0.368. The molecule has 0 N–H and O–H groups in total. The summed E-state index contributed by atoms with van der Waals surface area (Å²) in [6, 6.07) is 8.54. The van der Waals surface area contributed by atoms with Crippen LogP contribution in [0.4, 0.5) is 0 Å². The summed E-state index contributed by atoms with van der Waals surface area (Å²) < 4.78 is 0. The molecule has 0 heterocycles. The molecule has 8 heteroatoms. The summed E-state index contributed by atoms with van der Waals surface area (Å²) in [5.41, 5.74) is -3.26. The summed E-state index contributed by atoms with van der Waals surface area (Å²) in [5, 5.41) is 52.3. The Morgan fingerprint density at radius 2 is 0.750 bits per heavy atom. The van der Waals surface area contributed by atoms with Gasteiger partial charge < -0.3 is 0 Å². The number of azo groups is 2. The second-order valence-corrected chi connectivity index (χ2v) is 9.85. The van der Waals surface area contributed by atoms with Gasteiger partial charge in [-0.15, -0.1) is 0 Å². The first-order valence-corrected chi connectivity index (χ1v) is 11.1. The molecule has 0 rings (SSSR count). The molecule has 0 aliphatic carbocycles. The summed E-state index contributed by atoms with van der Waals surface area (Å²) in [7, 11) is 0. The van der Waals surface area contributed by atoms with E-state index in [4.69, 9.17) is 10.5 Å². The maximum Gasteiger partial charge on any atom is 0.165 e. The van der Waals surface area contributed by atoms with E-state index >= 15 is 0 Å². The standard InChI is InChI=1S/C14H24N4.C10H16N4/c1-11(2)7-13(5,9-15)17-18-14(6,10-16)8-12(3)4;1-5-9(3,7-11)13-14-10(4,6-2)8-12/h11-12H,7-8H2,1-6H3;5-6H2,1-4H3. The summed E-state index contributed by atoms with van der Waals surface area (Å²) in [5.74, 6) is 0.735. The first-order valence-electron chi connectivity index (χ1n) is 11.1. The largest absolute Gasteiger partial charge is 0.196 e. The SMILES string of the molecule is CC(C)CC(C)(C#N)N=NC(C)(C#N)CC(C)C.CCC(C)(C#N)N=NC(C)(C#N)CC. The van der Waals surface area contributed by atoms with Crippen LogP contribution in [0.5, 0.6) is 0 Å². The molecule has 0 saturated heterocycles. The lowest BCUT2D eigenvalue weighted by Crippen LogP contribution is -2.26. The number of hydrogen-bond donors (Lipinski definition) is 0. The van der Waals surface area contributed by atoms with Gasteiger partial charge in [0.1, 0.15) is 0 Å². The van der Waals surface area contributed by atoms with E-state index in [-0.39, 0.29) is 0 Å².